The van der Waals surface area contributed by atoms with E-state index >= 15 is 0 Å². The van der Waals surface area contributed by atoms with Crippen LogP contribution in [0.3, 0.4) is 0 Å². The summed E-state index contributed by atoms with van der Waals surface area (Å²) in [6, 6.07) is 53.0. The van der Waals surface area contributed by atoms with E-state index in [0.29, 0.717) is 0 Å². The van der Waals surface area contributed by atoms with E-state index < -0.39 is 0 Å². The molecule has 7 aromatic rings. The van der Waals surface area contributed by atoms with Crippen molar-refractivity contribution in [2.45, 2.75) is 38.5 Å². The van der Waals surface area contributed by atoms with Gasteiger partial charge in [0.2, 0.25) is 0 Å². The van der Waals surface area contributed by atoms with Gasteiger partial charge in [-0.1, -0.05) is 107 Å². The van der Waals surface area contributed by atoms with E-state index in [1.54, 1.807) is 0 Å². The second-order valence-corrected chi connectivity index (χ2v) is 13.1. The molecule has 0 radical (unpaired) electrons. The van der Waals surface area contributed by atoms with E-state index in [2.05, 4.69) is 183 Å². The van der Waals surface area contributed by atoms with E-state index in [1.807, 2.05) is 0 Å². The van der Waals surface area contributed by atoms with Crippen molar-refractivity contribution in [1.82, 2.24) is 4.57 Å². The zero-order chi connectivity index (χ0) is 30.1. The Balaban J connectivity index is 1.34. The molecule has 0 atom stereocenters. The molecule has 1 heterocycles. The molecule has 2 heteroatoms. The first kappa shape index (κ1) is 26.5. The zero-order valence-electron chi connectivity index (χ0n) is 25.8. The predicted molar refractivity (Wildman–Crippen MR) is 187 cm³/mol. The maximum absolute atomic E-state index is 2.48. The second kappa shape index (κ2) is 9.72. The molecule has 2 nitrogen and oxygen atoms in total. The van der Waals surface area contributed by atoms with Crippen LogP contribution in [0.5, 0.6) is 0 Å². The van der Waals surface area contributed by atoms with E-state index in [4.69, 9.17) is 0 Å². The summed E-state index contributed by atoms with van der Waals surface area (Å²) in [5, 5.41) is 2.58. The molecule has 0 aliphatic heterocycles. The summed E-state index contributed by atoms with van der Waals surface area (Å²) in [5.74, 6) is 0. The minimum absolute atomic E-state index is 0.0128. The van der Waals surface area contributed by atoms with Crippen LogP contribution < -0.4 is 4.90 Å². The van der Waals surface area contributed by atoms with Crippen molar-refractivity contribution in [1.29, 1.82) is 0 Å². The Morgan fingerprint density at radius 2 is 0.977 bits per heavy atom. The van der Waals surface area contributed by atoms with Gasteiger partial charge in [0.05, 0.1) is 11.0 Å². The minimum atomic E-state index is -0.0537. The first-order valence-electron chi connectivity index (χ1n) is 15.5. The number of benzene rings is 6. The molecule has 1 aromatic heterocycles. The lowest BCUT2D eigenvalue weighted by Crippen LogP contribution is -2.43. The Bertz CT molecular complexity index is 2110. The molecular weight excluding hydrogens is 532 g/mol. The van der Waals surface area contributed by atoms with Crippen LogP contribution in [-0.4, -0.2) is 4.57 Å². The second-order valence-electron chi connectivity index (χ2n) is 13.1. The maximum Gasteiger partial charge on any atom is 0.0544 e. The third-order valence-corrected chi connectivity index (χ3v) is 10.3. The summed E-state index contributed by atoms with van der Waals surface area (Å²) in [7, 11) is 0. The number of nitrogens with zero attached hydrogens (tertiary/aromatic N) is 2. The fourth-order valence-electron chi connectivity index (χ4n) is 7.32. The van der Waals surface area contributed by atoms with Crippen LogP contribution in [0.2, 0.25) is 0 Å². The molecule has 0 saturated heterocycles. The topological polar surface area (TPSA) is 8.17 Å². The Morgan fingerprint density at radius 3 is 1.66 bits per heavy atom. The summed E-state index contributed by atoms with van der Waals surface area (Å²) in [6.45, 7) is 9.63. The average Bonchev–Trinajstić information content (AvgIpc) is 3.38. The number of fused-ring (bicyclic) bond motifs is 6. The van der Waals surface area contributed by atoms with Crippen molar-refractivity contribution >= 4 is 38.9 Å². The third-order valence-electron chi connectivity index (χ3n) is 10.3. The van der Waals surface area contributed by atoms with Gasteiger partial charge in [-0.05, 0) is 99.8 Å². The number of hydrogen-bond acceptors (Lipinski definition) is 1. The molecular formula is C42H36N2. The van der Waals surface area contributed by atoms with Gasteiger partial charge in [0.1, 0.15) is 0 Å². The molecule has 0 amide bonds. The fraction of sp³-hybridized carbons (Fsp3) is 0.143. The number of hydrogen-bond donors (Lipinski definition) is 0. The highest BCUT2D eigenvalue weighted by atomic mass is 15.1. The Morgan fingerprint density at radius 1 is 0.432 bits per heavy atom. The van der Waals surface area contributed by atoms with Crippen LogP contribution >= 0.6 is 0 Å². The molecule has 0 N–H and O–H groups in total. The smallest absolute Gasteiger partial charge is 0.0544 e. The van der Waals surface area contributed by atoms with Crippen molar-refractivity contribution in [3.05, 3.63) is 157 Å². The molecule has 1 aliphatic carbocycles. The molecule has 214 valence electrons. The lowest BCUT2D eigenvalue weighted by Gasteiger charge is -2.48. The van der Waals surface area contributed by atoms with Crippen LogP contribution in [-0.2, 0) is 10.8 Å². The van der Waals surface area contributed by atoms with E-state index in [9.17, 15) is 0 Å². The summed E-state index contributed by atoms with van der Waals surface area (Å²) in [5.41, 5.74) is 12.5. The Labute approximate surface area is 259 Å². The van der Waals surface area contributed by atoms with Crippen molar-refractivity contribution in [2.24, 2.45) is 0 Å². The van der Waals surface area contributed by atoms with Crippen molar-refractivity contribution < 1.29 is 0 Å². The Hall–Kier alpha value is -5.08. The fourth-order valence-corrected chi connectivity index (χ4v) is 7.32. The van der Waals surface area contributed by atoms with Crippen LogP contribution in [0, 0.1) is 0 Å². The molecule has 0 saturated carbocycles. The largest absolute Gasteiger partial charge is 0.311 e. The molecule has 0 bridgehead atoms. The van der Waals surface area contributed by atoms with Crippen LogP contribution in [0.1, 0.15) is 38.8 Å². The van der Waals surface area contributed by atoms with Gasteiger partial charge in [0, 0.05) is 33.5 Å². The molecule has 0 unspecified atom stereocenters. The van der Waals surface area contributed by atoms with Gasteiger partial charge >= 0.3 is 0 Å². The van der Waals surface area contributed by atoms with Crippen molar-refractivity contribution in [2.75, 3.05) is 4.90 Å². The lowest BCUT2D eigenvalue weighted by molar-refractivity contribution is 0.299. The molecule has 8 rings (SSSR count). The van der Waals surface area contributed by atoms with Gasteiger partial charge in [-0.15, -0.1) is 0 Å². The quantitative estimate of drug-likeness (QED) is 0.205. The van der Waals surface area contributed by atoms with Gasteiger partial charge in [-0.2, -0.15) is 0 Å². The molecule has 44 heavy (non-hydrogen) atoms. The normalized spacial score (nSPS) is 14.7. The van der Waals surface area contributed by atoms with E-state index in [0.717, 1.165) is 22.7 Å². The standard InChI is InChI=1S/C42H36N2/c1-41(2)37-21-13-11-19-33(37)35-27-36-34-20-12-14-22-39(34)44(40(36)28-38(35)42(41,3)4)32-25-23-31(24-26-32)43(29-15-7-5-8-16-29)30-17-9-6-10-18-30/h5-28H,1-4H3. The Kier molecular flexibility index (Phi) is 5.86. The van der Waals surface area contributed by atoms with Crippen LogP contribution in [0.15, 0.2) is 146 Å². The molecule has 6 aromatic carbocycles. The summed E-state index contributed by atoms with van der Waals surface area (Å²) >= 11 is 0. The number of aromatic nitrogens is 1. The first-order chi connectivity index (χ1) is 21.4. The number of anilines is 3. The van der Waals surface area contributed by atoms with Crippen molar-refractivity contribution in [3.8, 4) is 16.8 Å². The van der Waals surface area contributed by atoms with E-state index in [-0.39, 0.29) is 10.8 Å². The predicted octanol–water partition coefficient (Wildman–Crippen LogP) is 11.5. The number of rotatable bonds is 4. The van der Waals surface area contributed by atoms with Crippen molar-refractivity contribution in [3.63, 3.8) is 0 Å². The van der Waals surface area contributed by atoms with Gasteiger partial charge in [-0.3, -0.25) is 0 Å². The highest BCUT2D eigenvalue weighted by molar-refractivity contribution is 6.11. The summed E-state index contributed by atoms with van der Waals surface area (Å²) < 4.78 is 2.45. The SMILES string of the molecule is CC1(C)c2ccccc2-c2cc3c4ccccc4n(-c4ccc(N(c5ccccc5)c5ccccc5)cc4)c3cc2C1(C)C. The number of para-hydroxylation sites is 3. The van der Waals surface area contributed by atoms with Crippen LogP contribution in [0.25, 0.3) is 38.6 Å². The highest BCUT2D eigenvalue weighted by Crippen LogP contribution is 2.55. The minimum Gasteiger partial charge on any atom is -0.311 e. The first-order valence-corrected chi connectivity index (χ1v) is 15.5. The van der Waals surface area contributed by atoms with Gasteiger partial charge in [0.15, 0.2) is 0 Å². The van der Waals surface area contributed by atoms with Gasteiger partial charge in [0.25, 0.3) is 0 Å². The van der Waals surface area contributed by atoms with E-state index in [1.165, 1.54) is 44.1 Å². The lowest BCUT2D eigenvalue weighted by atomic mass is 9.55. The summed E-state index contributed by atoms with van der Waals surface area (Å²) in [6.07, 6.45) is 0. The average molecular weight is 569 g/mol. The molecule has 0 spiro atoms. The monoisotopic (exact) mass is 568 g/mol. The van der Waals surface area contributed by atoms with Gasteiger partial charge in [-0.25, -0.2) is 0 Å². The maximum atomic E-state index is 2.48. The highest BCUT2D eigenvalue weighted by Gasteiger charge is 2.46. The molecule has 0 fully saturated rings. The molecule has 1 aliphatic rings. The van der Waals surface area contributed by atoms with Crippen LogP contribution in [0.4, 0.5) is 17.1 Å². The van der Waals surface area contributed by atoms with Gasteiger partial charge < -0.3 is 9.47 Å². The zero-order valence-corrected chi connectivity index (χ0v) is 25.8. The summed E-state index contributed by atoms with van der Waals surface area (Å²) in [4.78, 5) is 2.31. The third kappa shape index (κ3) is 3.80.